The molecule has 2 heteroatoms. The number of carbonyl (C=O) groups excluding carboxylic acids is 1. The van der Waals surface area contributed by atoms with E-state index in [9.17, 15) is 4.79 Å². The van der Waals surface area contributed by atoms with Crippen molar-refractivity contribution in [3.05, 3.63) is 0 Å². The van der Waals surface area contributed by atoms with E-state index in [1.807, 2.05) is 14.0 Å². The number of likely N-dealkylation sites (N-methyl/N-ethyl adjacent to an activating group) is 1. The monoisotopic (exact) mass is 127 g/mol. The SMILES string of the molecule is CCC(=O)C1CCN1C. The highest BCUT2D eigenvalue weighted by molar-refractivity contribution is 5.84. The lowest BCUT2D eigenvalue weighted by molar-refractivity contribution is -0.127. The van der Waals surface area contributed by atoms with Crippen molar-refractivity contribution in [2.45, 2.75) is 25.8 Å². The zero-order valence-corrected chi connectivity index (χ0v) is 6.05. The summed E-state index contributed by atoms with van der Waals surface area (Å²) in [5.74, 6) is 0.392. The predicted molar refractivity (Wildman–Crippen MR) is 36.3 cm³/mol. The van der Waals surface area contributed by atoms with E-state index in [4.69, 9.17) is 0 Å². The van der Waals surface area contributed by atoms with E-state index < -0.39 is 0 Å². The van der Waals surface area contributed by atoms with Crippen LogP contribution in [0, 0.1) is 0 Å². The van der Waals surface area contributed by atoms with Crippen LogP contribution in [0.1, 0.15) is 19.8 Å². The molecule has 0 aromatic rings. The Morgan fingerprint density at radius 1 is 1.78 bits per heavy atom. The van der Waals surface area contributed by atoms with Crippen molar-refractivity contribution in [2.24, 2.45) is 0 Å². The molecule has 1 unspecified atom stereocenters. The predicted octanol–water partition coefficient (Wildman–Crippen LogP) is 0.670. The summed E-state index contributed by atoms with van der Waals surface area (Å²) in [7, 11) is 2.00. The standard InChI is InChI=1S/C7H13NO/c1-3-7(9)6-4-5-8(6)2/h6H,3-5H2,1-2H3. The Kier molecular flexibility index (Phi) is 1.86. The highest BCUT2D eigenvalue weighted by Gasteiger charge is 2.28. The third-order valence-corrected chi connectivity index (χ3v) is 2.01. The zero-order valence-electron chi connectivity index (χ0n) is 6.05. The topological polar surface area (TPSA) is 20.3 Å². The van der Waals surface area contributed by atoms with Crippen LogP contribution in [-0.4, -0.2) is 30.3 Å². The maximum Gasteiger partial charge on any atom is 0.149 e. The van der Waals surface area contributed by atoms with Gasteiger partial charge in [-0.1, -0.05) is 6.92 Å². The lowest BCUT2D eigenvalue weighted by atomic mass is 9.98. The van der Waals surface area contributed by atoms with Crippen LogP contribution >= 0.6 is 0 Å². The largest absolute Gasteiger partial charge is 0.298 e. The van der Waals surface area contributed by atoms with Gasteiger partial charge in [0.25, 0.3) is 0 Å². The van der Waals surface area contributed by atoms with E-state index in [-0.39, 0.29) is 6.04 Å². The summed E-state index contributed by atoms with van der Waals surface area (Å²) in [6, 6.07) is 0.259. The molecule has 1 heterocycles. The average Bonchev–Trinajstić information content (AvgIpc) is 1.84. The van der Waals surface area contributed by atoms with Gasteiger partial charge in [-0.3, -0.25) is 9.69 Å². The number of rotatable bonds is 2. The lowest BCUT2D eigenvalue weighted by Crippen LogP contribution is -2.49. The Labute approximate surface area is 55.8 Å². The maximum absolute atomic E-state index is 11.0. The minimum Gasteiger partial charge on any atom is -0.298 e. The first-order valence-electron chi connectivity index (χ1n) is 3.48. The van der Waals surface area contributed by atoms with E-state index in [1.165, 1.54) is 0 Å². The molecule has 1 fully saturated rings. The smallest absolute Gasteiger partial charge is 0.149 e. The van der Waals surface area contributed by atoms with Gasteiger partial charge in [-0.15, -0.1) is 0 Å². The molecule has 0 aromatic heterocycles. The number of hydrogen-bond donors (Lipinski definition) is 0. The second kappa shape index (κ2) is 2.48. The molecular weight excluding hydrogens is 114 g/mol. The van der Waals surface area contributed by atoms with Crippen LogP contribution in [-0.2, 0) is 4.79 Å². The van der Waals surface area contributed by atoms with Crippen molar-refractivity contribution in [2.75, 3.05) is 13.6 Å². The van der Waals surface area contributed by atoms with Gasteiger partial charge in [0.1, 0.15) is 5.78 Å². The van der Waals surface area contributed by atoms with Gasteiger partial charge in [0.2, 0.25) is 0 Å². The number of carbonyl (C=O) groups is 1. The third kappa shape index (κ3) is 1.13. The molecule has 0 radical (unpaired) electrons. The van der Waals surface area contributed by atoms with Gasteiger partial charge in [0, 0.05) is 13.0 Å². The number of hydrogen-bond acceptors (Lipinski definition) is 2. The summed E-state index contributed by atoms with van der Waals surface area (Å²) in [6.07, 6.45) is 1.76. The van der Waals surface area contributed by atoms with Gasteiger partial charge in [0.15, 0.2) is 0 Å². The van der Waals surface area contributed by atoms with Gasteiger partial charge in [-0.05, 0) is 13.5 Å². The molecule has 9 heavy (non-hydrogen) atoms. The molecule has 2 nitrogen and oxygen atoms in total. The summed E-state index contributed by atoms with van der Waals surface area (Å²) in [5, 5.41) is 0. The molecule has 0 amide bonds. The van der Waals surface area contributed by atoms with Crippen molar-refractivity contribution in [3.63, 3.8) is 0 Å². The van der Waals surface area contributed by atoms with Gasteiger partial charge in [0.05, 0.1) is 6.04 Å². The van der Waals surface area contributed by atoms with Crippen LogP contribution < -0.4 is 0 Å². The fraction of sp³-hybridized carbons (Fsp3) is 0.857. The Morgan fingerprint density at radius 2 is 2.44 bits per heavy atom. The van der Waals surface area contributed by atoms with Gasteiger partial charge >= 0.3 is 0 Å². The van der Waals surface area contributed by atoms with Crippen LogP contribution in [0.2, 0.25) is 0 Å². The number of Topliss-reactive ketones (excluding diaryl/α,β-unsaturated/α-hetero) is 1. The van der Waals surface area contributed by atoms with E-state index in [0.29, 0.717) is 12.2 Å². The molecule has 0 spiro atoms. The Morgan fingerprint density at radius 3 is 2.56 bits per heavy atom. The summed E-state index contributed by atoms with van der Waals surface area (Å²) in [4.78, 5) is 13.1. The Balaban J connectivity index is 2.35. The lowest BCUT2D eigenvalue weighted by Gasteiger charge is -2.36. The minimum absolute atomic E-state index is 0.259. The van der Waals surface area contributed by atoms with Crippen LogP contribution in [0.25, 0.3) is 0 Å². The van der Waals surface area contributed by atoms with Crippen LogP contribution in [0.4, 0.5) is 0 Å². The molecule has 1 atom stereocenters. The molecule has 0 N–H and O–H groups in total. The van der Waals surface area contributed by atoms with Crippen molar-refractivity contribution in [1.29, 1.82) is 0 Å². The van der Waals surface area contributed by atoms with Crippen LogP contribution in [0.5, 0.6) is 0 Å². The molecule has 52 valence electrons. The normalized spacial score (nSPS) is 27.6. The molecule has 0 aliphatic carbocycles. The van der Waals surface area contributed by atoms with E-state index in [2.05, 4.69) is 4.90 Å². The Hall–Kier alpha value is -0.370. The highest BCUT2D eigenvalue weighted by atomic mass is 16.1. The molecule has 1 aliphatic heterocycles. The molecule has 1 aliphatic rings. The van der Waals surface area contributed by atoms with Gasteiger partial charge < -0.3 is 0 Å². The van der Waals surface area contributed by atoms with Gasteiger partial charge in [-0.25, -0.2) is 0 Å². The summed E-state index contributed by atoms with van der Waals surface area (Å²) in [5.41, 5.74) is 0. The molecule has 1 rings (SSSR count). The third-order valence-electron chi connectivity index (χ3n) is 2.01. The first-order valence-corrected chi connectivity index (χ1v) is 3.48. The number of likely N-dealkylation sites (tertiary alicyclic amines) is 1. The summed E-state index contributed by atoms with van der Waals surface area (Å²) in [6.45, 7) is 3.02. The molecule has 0 bridgehead atoms. The van der Waals surface area contributed by atoms with Crippen molar-refractivity contribution >= 4 is 5.78 Å². The van der Waals surface area contributed by atoms with E-state index >= 15 is 0 Å². The van der Waals surface area contributed by atoms with Crippen molar-refractivity contribution in [3.8, 4) is 0 Å². The fourth-order valence-corrected chi connectivity index (χ4v) is 1.16. The van der Waals surface area contributed by atoms with Crippen LogP contribution in [0.3, 0.4) is 0 Å². The van der Waals surface area contributed by atoms with Gasteiger partial charge in [-0.2, -0.15) is 0 Å². The minimum atomic E-state index is 0.259. The van der Waals surface area contributed by atoms with E-state index in [0.717, 1.165) is 13.0 Å². The van der Waals surface area contributed by atoms with Crippen molar-refractivity contribution in [1.82, 2.24) is 4.90 Å². The number of nitrogens with zero attached hydrogens (tertiary/aromatic N) is 1. The fourth-order valence-electron chi connectivity index (χ4n) is 1.16. The quantitative estimate of drug-likeness (QED) is 0.543. The zero-order chi connectivity index (χ0) is 6.85. The molecule has 1 saturated heterocycles. The first-order chi connectivity index (χ1) is 4.25. The second-order valence-electron chi connectivity index (χ2n) is 2.60. The summed E-state index contributed by atoms with van der Waals surface area (Å²) < 4.78 is 0. The molecule has 0 aromatic carbocycles. The van der Waals surface area contributed by atoms with Crippen molar-refractivity contribution < 1.29 is 4.79 Å². The van der Waals surface area contributed by atoms with E-state index in [1.54, 1.807) is 0 Å². The van der Waals surface area contributed by atoms with Crippen LogP contribution in [0.15, 0.2) is 0 Å². The molecular formula is C7H13NO. The first kappa shape index (κ1) is 6.75. The maximum atomic E-state index is 11.0. The summed E-state index contributed by atoms with van der Waals surface area (Å²) >= 11 is 0. The second-order valence-corrected chi connectivity index (χ2v) is 2.60. The molecule has 0 saturated carbocycles. The average molecular weight is 127 g/mol. The Bertz CT molecular complexity index is 122. The highest BCUT2D eigenvalue weighted by Crippen LogP contribution is 2.15. The number of ketones is 1.